The van der Waals surface area contributed by atoms with Crippen LogP contribution in [-0.4, -0.2) is 84.1 Å². The fourth-order valence-corrected chi connectivity index (χ4v) is 4.93. The highest BCUT2D eigenvalue weighted by Crippen LogP contribution is 2.39. The Balaban J connectivity index is 1.71. The van der Waals surface area contributed by atoms with E-state index in [4.69, 9.17) is 4.74 Å². The third-order valence-electron chi connectivity index (χ3n) is 6.51. The molecule has 1 aromatic carbocycles. The molecule has 0 spiro atoms. The van der Waals surface area contributed by atoms with Crippen LogP contribution in [0.15, 0.2) is 30.0 Å². The second-order valence-electron chi connectivity index (χ2n) is 8.25. The molecule has 1 N–H and O–H groups in total. The molecule has 0 unspecified atom stereocenters. The van der Waals surface area contributed by atoms with Gasteiger partial charge in [-0.25, -0.2) is 0 Å². The van der Waals surface area contributed by atoms with Gasteiger partial charge in [-0.3, -0.25) is 19.4 Å². The number of ether oxygens (including phenoxy) is 1. The number of nitrogens with zero attached hydrogens (tertiary/aromatic N) is 3. The lowest BCUT2D eigenvalue weighted by molar-refractivity contribution is -0.141. The number of β-amino-alcohol motifs (C(OH)–C–C–N with tert-alkyl or cyclic N) is 1. The first-order chi connectivity index (χ1) is 14.7. The quantitative estimate of drug-likeness (QED) is 0.716. The highest BCUT2D eigenvalue weighted by Gasteiger charge is 2.45. The van der Waals surface area contributed by atoms with E-state index in [-0.39, 0.29) is 24.5 Å². The monoisotopic (exact) mass is 413 g/mol. The summed E-state index contributed by atoms with van der Waals surface area (Å²) in [6.07, 6.45) is 5.05. The van der Waals surface area contributed by atoms with Gasteiger partial charge in [0.2, 0.25) is 0 Å². The summed E-state index contributed by atoms with van der Waals surface area (Å²) in [5.41, 5.74) is 1.67. The predicted octanol–water partition coefficient (Wildman–Crippen LogP) is 1.72. The Hall–Kier alpha value is -2.38. The molecule has 30 heavy (non-hydrogen) atoms. The molecule has 4 rings (SSSR count). The van der Waals surface area contributed by atoms with Crippen molar-refractivity contribution in [1.29, 1.82) is 0 Å². The Morgan fingerprint density at radius 1 is 1.00 bits per heavy atom. The molecule has 1 saturated carbocycles. The number of aliphatic hydroxyl groups excluding tert-OH is 1. The maximum absolute atomic E-state index is 13.6. The van der Waals surface area contributed by atoms with E-state index in [0.717, 1.165) is 38.8 Å². The maximum Gasteiger partial charge on any atom is 0.278 e. The molecule has 1 aromatic rings. The first-order valence-electron chi connectivity index (χ1n) is 11.0. The maximum atomic E-state index is 13.6. The Bertz CT molecular complexity index is 823. The summed E-state index contributed by atoms with van der Waals surface area (Å²) in [6.45, 7) is 3.59. The van der Waals surface area contributed by atoms with Crippen molar-refractivity contribution in [3.8, 4) is 5.75 Å². The van der Waals surface area contributed by atoms with E-state index in [9.17, 15) is 14.7 Å². The topological polar surface area (TPSA) is 73.3 Å². The summed E-state index contributed by atoms with van der Waals surface area (Å²) >= 11 is 0. The van der Waals surface area contributed by atoms with Crippen molar-refractivity contribution in [2.45, 2.75) is 38.1 Å². The average molecular weight is 414 g/mol. The van der Waals surface area contributed by atoms with Gasteiger partial charge in [0.1, 0.15) is 11.4 Å². The summed E-state index contributed by atoms with van der Waals surface area (Å²) in [5, 5.41) is 9.22. The van der Waals surface area contributed by atoms with Crippen LogP contribution in [0.3, 0.4) is 0 Å². The van der Waals surface area contributed by atoms with Crippen LogP contribution in [0.4, 0.5) is 0 Å². The van der Waals surface area contributed by atoms with E-state index in [2.05, 4.69) is 9.80 Å². The second-order valence-corrected chi connectivity index (χ2v) is 8.25. The number of carbonyl (C=O) groups is 2. The SMILES string of the molecule is COc1ccccc1C1=C(N2CCN(CCO)CC2)C(=O)N(C2CCCCC2)C1=O. The van der Waals surface area contributed by atoms with Crippen molar-refractivity contribution in [2.75, 3.05) is 46.4 Å². The van der Waals surface area contributed by atoms with Gasteiger partial charge in [0.15, 0.2) is 0 Å². The molecule has 2 heterocycles. The van der Waals surface area contributed by atoms with Crippen LogP contribution in [0, 0.1) is 0 Å². The Morgan fingerprint density at radius 2 is 1.70 bits per heavy atom. The summed E-state index contributed by atoms with van der Waals surface area (Å²) in [7, 11) is 1.59. The molecule has 0 bridgehead atoms. The molecular weight excluding hydrogens is 382 g/mol. The summed E-state index contributed by atoms with van der Waals surface area (Å²) in [5.74, 6) is 0.253. The molecule has 2 fully saturated rings. The van der Waals surface area contributed by atoms with Crippen molar-refractivity contribution in [1.82, 2.24) is 14.7 Å². The van der Waals surface area contributed by atoms with Crippen LogP contribution >= 0.6 is 0 Å². The van der Waals surface area contributed by atoms with Crippen LogP contribution in [0.1, 0.15) is 37.7 Å². The Labute approximate surface area is 177 Å². The lowest BCUT2D eigenvalue weighted by atomic mass is 9.94. The van der Waals surface area contributed by atoms with Crippen LogP contribution in [0.5, 0.6) is 5.75 Å². The van der Waals surface area contributed by atoms with Gasteiger partial charge >= 0.3 is 0 Å². The Kier molecular flexibility index (Phi) is 6.39. The molecule has 162 valence electrons. The number of piperazine rings is 1. The predicted molar refractivity (Wildman–Crippen MR) is 114 cm³/mol. The number of imide groups is 1. The third kappa shape index (κ3) is 3.84. The first kappa shape index (κ1) is 20.9. The van der Waals surface area contributed by atoms with E-state index in [0.29, 0.717) is 42.2 Å². The lowest BCUT2D eigenvalue weighted by Crippen LogP contribution is -2.49. The van der Waals surface area contributed by atoms with Gasteiger partial charge in [0.05, 0.1) is 19.3 Å². The van der Waals surface area contributed by atoms with Crippen LogP contribution in [0.25, 0.3) is 5.57 Å². The second kappa shape index (κ2) is 9.18. The zero-order chi connectivity index (χ0) is 21.1. The molecule has 7 nitrogen and oxygen atoms in total. The highest BCUT2D eigenvalue weighted by molar-refractivity contribution is 6.36. The fourth-order valence-electron chi connectivity index (χ4n) is 4.93. The molecular formula is C23H31N3O4. The van der Waals surface area contributed by atoms with Gasteiger partial charge in [-0.05, 0) is 18.9 Å². The molecule has 7 heteroatoms. The number of benzene rings is 1. The number of hydrogen-bond donors (Lipinski definition) is 1. The lowest BCUT2D eigenvalue weighted by Gasteiger charge is -2.36. The van der Waals surface area contributed by atoms with E-state index in [1.54, 1.807) is 7.11 Å². The van der Waals surface area contributed by atoms with E-state index < -0.39 is 0 Å². The average Bonchev–Trinajstić information content (AvgIpc) is 3.05. The van der Waals surface area contributed by atoms with E-state index >= 15 is 0 Å². The van der Waals surface area contributed by atoms with Gasteiger partial charge in [-0.1, -0.05) is 37.5 Å². The minimum absolute atomic E-state index is 0.0170. The number of aliphatic hydroxyl groups is 1. The molecule has 0 radical (unpaired) electrons. The van der Waals surface area contributed by atoms with Gasteiger partial charge in [-0.2, -0.15) is 0 Å². The molecule has 2 aliphatic heterocycles. The van der Waals surface area contributed by atoms with Crippen LogP contribution in [0.2, 0.25) is 0 Å². The number of methoxy groups -OCH3 is 1. The van der Waals surface area contributed by atoms with Crippen LogP contribution < -0.4 is 4.74 Å². The Morgan fingerprint density at radius 3 is 2.37 bits per heavy atom. The fraction of sp³-hybridized carbons (Fsp3) is 0.565. The molecule has 0 atom stereocenters. The minimum Gasteiger partial charge on any atom is -0.496 e. The normalized spacial score (nSPS) is 21.7. The van der Waals surface area contributed by atoms with Crippen molar-refractivity contribution in [2.24, 2.45) is 0 Å². The third-order valence-corrected chi connectivity index (χ3v) is 6.51. The number of amides is 2. The van der Waals surface area contributed by atoms with Gasteiger partial charge in [0.25, 0.3) is 11.8 Å². The molecule has 1 aliphatic carbocycles. The standard InChI is InChI=1S/C23H31N3O4/c1-30-19-10-6-5-9-18(19)20-21(25-13-11-24(12-14-25)15-16-27)23(29)26(22(20)28)17-7-3-2-4-8-17/h5-6,9-10,17,27H,2-4,7-8,11-16H2,1H3. The summed E-state index contributed by atoms with van der Waals surface area (Å²) in [6, 6.07) is 7.43. The highest BCUT2D eigenvalue weighted by atomic mass is 16.5. The minimum atomic E-state index is -0.191. The van der Waals surface area contributed by atoms with E-state index in [1.165, 1.54) is 11.3 Å². The number of para-hydroxylation sites is 1. The molecule has 0 aromatic heterocycles. The molecule has 1 saturated heterocycles. The largest absolute Gasteiger partial charge is 0.496 e. The smallest absolute Gasteiger partial charge is 0.278 e. The van der Waals surface area contributed by atoms with Crippen molar-refractivity contribution in [3.05, 3.63) is 35.5 Å². The number of carbonyl (C=O) groups excluding carboxylic acids is 2. The molecule has 3 aliphatic rings. The van der Waals surface area contributed by atoms with Crippen LogP contribution in [-0.2, 0) is 9.59 Å². The van der Waals surface area contributed by atoms with Crippen molar-refractivity contribution >= 4 is 17.4 Å². The zero-order valence-corrected chi connectivity index (χ0v) is 17.7. The van der Waals surface area contributed by atoms with Gasteiger partial charge < -0.3 is 14.7 Å². The number of rotatable bonds is 6. The zero-order valence-electron chi connectivity index (χ0n) is 17.7. The summed E-state index contributed by atoms with van der Waals surface area (Å²) < 4.78 is 5.54. The summed E-state index contributed by atoms with van der Waals surface area (Å²) in [4.78, 5) is 33.0. The first-order valence-corrected chi connectivity index (χ1v) is 11.0. The van der Waals surface area contributed by atoms with E-state index in [1.807, 2.05) is 24.3 Å². The van der Waals surface area contributed by atoms with Crippen molar-refractivity contribution in [3.63, 3.8) is 0 Å². The van der Waals surface area contributed by atoms with Gasteiger partial charge in [0, 0.05) is 44.3 Å². The van der Waals surface area contributed by atoms with Gasteiger partial charge in [-0.15, -0.1) is 0 Å². The van der Waals surface area contributed by atoms with Crippen molar-refractivity contribution < 1.29 is 19.4 Å². The number of hydrogen-bond acceptors (Lipinski definition) is 6. The molecule has 2 amide bonds.